The SMILES string of the molecule is Cc1c(C)c(C)c(C2SC2C)c(C)c1C. The first-order chi connectivity index (χ1) is 6.95. The first kappa shape index (κ1) is 11.1. The van der Waals surface area contributed by atoms with Gasteiger partial charge >= 0.3 is 0 Å². The zero-order valence-corrected chi connectivity index (χ0v) is 11.4. The smallest absolute Gasteiger partial charge is 0.0422 e. The van der Waals surface area contributed by atoms with E-state index in [0.717, 1.165) is 10.5 Å². The minimum Gasteiger partial charge on any atom is -0.148 e. The Labute approximate surface area is 97.5 Å². The van der Waals surface area contributed by atoms with Gasteiger partial charge in [0.1, 0.15) is 0 Å². The predicted molar refractivity (Wildman–Crippen MR) is 69.9 cm³/mol. The Kier molecular flexibility index (Phi) is 2.62. The van der Waals surface area contributed by atoms with Gasteiger partial charge in [-0.3, -0.25) is 0 Å². The first-order valence-corrected chi connectivity index (χ1v) is 6.61. The summed E-state index contributed by atoms with van der Waals surface area (Å²) < 4.78 is 0. The molecule has 0 bridgehead atoms. The second kappa shape index (κ2) is 3.55. The average molecular weight is 220 g/mol. The number of hydrogen-bond donors (Lipinski definition) is 0. The number of rotatable bonds is 1. The fraction of sp³-hybridized carbons (Fsp3) is 0.571. The molecular formula is C14H20S. The van der Waals surface area contributed by atoms with Gasteiger partial charge in [-0.15, -0.1) is 11.8 Å². The van der Waals surface area contributed by atoms with Gasteiger partial charge in [-0.25, -0.2) is 0 Å². The molecule has 0 aliphatic carbocycles. The molecule has 0 nitrogen and oxygen atoms in total. The van der Waals surface area contributed by atoms with E-state index in [2.05, 4.69) is 53.3 Å². The maximum Gasteiger partial charge on any atom is 0.0422 e. The predicted octanol–water partition coefficient (Wildman–Crippen LogP) is 4.41. The molecule has 2 rings (SSSR count). The summed E-state index contributed by atoms with van der Waals surface area (Å²) in [5.41, 5.74) is 9.13. The van der Waals surface area contributed by atoms with E-state index in [4.69, 9.17) is 0 Å². The van der Waals surface area contributed by atoms with Crippen molar-refractivity contribution >= 4 is 11.8 Å². The molecule has 1 aliphatic heterocycles. The van der Waals surface area contributed by atoms with Crippen LogP contribution in [-0.4, -0.2) is 5.25 Å². The van der Waals surface area contributed by atoms with Crippen molar-refractivity contribution in [1.82, 2.24) is 0 Å². The molecule has 2 unspecified atom stereocenters. The molecule has 15 heavy (non-hydrogen) atoms. The topological polar surface area (TPSA) is 0 Å². The lowest BCUT2D eigenvalue weighted by Gasteiger charge is -2.18. The molecule has 1 aliphatic rings. The van der Waals surface area contributed by atoms with Crippen LogP contribution in [0.5, 0.6) is 0 Å². The summed E-state index contributed by atoms with van der Waals surface area (Å²) >= 11 is 2.10. The summed E-state index contributed by atoms with van der Waals surface area (Å²) in [5.74, 6) is 0. The van der Waals surface area contributed by atoms with Crippen molar-refractivity contribution in [2.24, 2.45) is 0 Å². The monoisotopic (exact) mass is 220 g/mol. The average Bonchev–Trinajstić information content (AvgIpc) is 2.90. The van der Waals surface area contributed by atoms with Crippen LogP contribution in [0.25, 0.3) is 0 Å². The van der Waals surface area contributed by atoms with Crippen LogP contribution in [0.2, 0.25) is 0 Å². The second-order valence-corrected chi connectivity index (χ2v) is 6.32. The third-order valence-electron chi connectivity index (χ3n) is 4.05. The molecule has 0 saturated carbocycles. The lowest BCUT2D eigenvalue weighted by Crippen LogP contribution is -2.02. The standard InChI is InChI=1S/C14H20S/c1-7-8(2)10(4)13(11(5)9(7)3)14-12(6)15-14/h12,14H,1-6H3. The van der Waals surface area contributed by atoms with Gasteiger partial charge in [0.25, 0.3) is 0 Å². The van der Waals surface area contributed by atoms with Crippen LogP contribution in [0, 0.1) is 34.6 Å². The third kappa shape index (κ3) is 1.61. The minimum atomic E-state index is 0.767. The Hall–Kier alpha value is -0.430. The van der Waals surface area contributed by atoms with E-state index in [9.17, 15) is 0 Å². The summed E-state index contributed by atoms with van der Waals surface area (Å²) in [6.45, 7) is 13.7. The van der Waals surface area contributed by atoms with Crippen molar-refractivity contribution in [3.63, 3.8) is 0 Å². The van der Waals surface area contributed by atoms with E-state index in [1.807, 2.05) is 0 Å². The van der Waals surface area contributed by atoms with E-state index < -0.39 is 0 Å². The van der Waals surface area contributed by atoms with E-state index >= 15 is 0 Å². The summed E-state index contributed by atoms with van der Waals surface area (Å²) in [6, 6.07) is 0. The Morgan fingerprint density at radius 3 is 1.40 bits per heavy atom. The van der Waals surface area contributed by atoms with Crippen molar-refractivity contribution < 1.29 is 0 Å². The number of benzene rings is 1. The van der Waals surface area contributed by atoms with Crippen LogP contribution in [0.4, 0.5) is 0 Å². The van der Waals surface area contributed by atoms with Crippen LogP contribution < -0.4 is 0 Å². The van der Waals surface area contributed by atoms with Crippen molar-refractivity contribution in [3.8, 4) is 0 Å². The summed E-state index contributed by atoms with van der Waals surface area (Å²) in [6.07, 6.45) is 0. The lowest BCUT2D eigenvalue weighted by molar-refractivity contribution is 0.984. The van der Waals surface area contributed by atoms with Crippen molar-refractivity contribution in [1.29, 1.82) is 0 Å². The molecular weight excluding hydrogens is 200 g/mol. The number of thioether (sulfide) groups is 1. The van der Waals surface area contributed by atoms with Gasteiger partial charge in [-0.05, 0) is 68.0 Å². The lowest BCUT2D eigenvalue weighted by atomic mass is 9.88. The van der Waals surface area contributed by atoms with E-state index in [1.165, 1.54) is 27.8 Å². The molecule has 1 saturated heterocycles. The Morgan fingerprint density at radius 1 is 0.733 bits per heavy atom. The zero-order chi connectivity index (χ0) is 11.3. The van der Waals surface area contributed by atoms with Crippen LogP contribution in [0.3, 0.4) is 0 Å². The molecule has 1 fully saturated rings. The summed E-state index contributed by atoms with van der Waals surface area (Å²) in [7, 11) is 0. The Bertz CT molecular complexity index is 389. The maximum atomic E-state index is 2.33. The molecule has 1 aromatic carbocycles. The highest BCUT2D eigenvalue weighted by Crippen LogP contribution is 2.56. The quantitative estimate of drug-likeness (QED) is 0.632. The summed E-state index contributed by atoms with van der Waals surface area (Å²) in [5, 5.41) is 1.59. The highest BCUT2D eigenvalue weighted by atomic mass is 32.2. The molecule has 82 valence electrons. The van der Waals surface area contributed by atoms with Crippen LogP contribution >= 0.6 is 11.8 Å². The summed E-state index contributed by atoms with van der Waals surface area (Å²) in [4.78, 5) is 0. The second-order valence-electron chi connectivity index (χ2n) is 4.80. The maximum absolute atomic E-state index is 2.33. The van der Waals surface area contributed by atoms with Crippen molar-refractivity contribution in [2.75, 3.05) is 0 Å². The van der Waals surface area contributed by atoms with Gasteiger partial charge in [0, 0.05) is 10.5 Å². The molecule has 1 heterocycles. The van der Waals surface area contributed by atoms with Crippen molar-refractivity contribution in [3.05, 3.63) is 33.4 Å². The van der Waals surface area contributed by atoms with Gasteiger partial charge in [-0.1, -0.05) is 6.92 Å². The van der Waals surface area contributed by atoms with Crippen LogP contribution in [0.1, 0.15) is 45.6 Å². The molecule has 0 N–H and O–H groups in total. The zero-order valence-electron chi connectivity index (χ0n) is 10.6. The highest BCUT2D eigenvalue weighted by molar-refractivity contribution is 8.07. The molecule has 0 spiro atoms. The molecule has 0 amide bonds. The largest absolute Gasteiger partial charge is 0.148 e. The van der Waals surface area contributed by atoms with Crippen molar-refractivity contribution in [2.45, 2.75) is 52.0 Å². The Balaban J connectivity index is 2.64. The van der Waals surface area contributed by atoms with E-state index in [0.29, 0.717) is 0 Å². The molecule has 0 aromatic heterocycles. The third-order valence-corrected chi connectivity index (χ3v) is 5.38. The fourth-order valence-corrected chi connectivity index (χ4v) is 3.44. The minimum absolute atomic E-state index is 0.767. The van der Waals surface area contributed by atoms with Gasteiger partial charge in [0.05, 0.1) is 0 Å². The molecule has 2 atom stereocenters. The normalized spacial score (nSPS) is 24.4. The molecule has 1 heteroatoms. The van der Waals surface area contributed by atoms with Gasteiger partial charge in [0.15, 0.2) is 0 Å². The van der Waals surface area contributed by atoms with Gasteiger partial charge < -0.3 is 0 Å². The van der Waals surface area contributed by atoms with Crippen LogP contribution in [0.15, 0.2) is 0 Å². The van der Waals surface area contributed by atoms with Crippen LogP contribution in [-0.2, 0) is 0 Å². The highest BCUT2D eigenvalue weighted by Gasteiger charge is 2.38. The first-order valence-electron chi connectivity index (χ1n) is 5.67. The number of hydrogen-bond acceptors (Lipinski definition) is 1. The van der Waals surface area contributed by atoms with Gasteiger partial charge in [0.2, 0.25) is 0 Å². The Morgan fingerprint density at radius 2 is 1.07 bits per heavy atom. The molecule has 0 radical (unpaired) electrons. The molecule has 1 aromatic rings. The van der Waals surface area contributed by atoms with E-state index in [1.54, 1.807) is 5.56 Å². The van der Waals surface area contributed by atoms with Gasteiger partial charge in [-0.2, -0.15) is 0 Å². The fourth-order valence-electron chi connectivity index (χ4n) is 2.44. The van der Waals surface area contributed by atoms with E-state index in [-0.39, 0.29) is 0 Å².